The van der Waals surface area contributed by atoms with Crippen molar-refractivity contribution in [3.8, 4) is 0 Å². The summed E-state index contributed by atoms with van der Waals surface area (Å²) < 4.78 is 31.9. The van der Waals surface area contributed by atoms with Crippen molar-refractivity contribution in [2.75, 3.05) is 37.3 Å². The Kier molecular flexibility index (Phi) is 7.46. The molecule has 1 unspecified atom stereocenters. The minimum Gasteiger partial charge on any atom is -0.447 e. The van der Waals surface area contributed by atoms with Crippen LogP contribution in [0.5, 0.6) is 0 Å². The fourth-order valence-electron chi connectivity index (χ4n) is 3.71. The fraction of sp³-hybridized carbons (Fsp3) is 0.591. The molecule has 1 aromatic carbocycles. The Hall–Kier alpha value is -2.29. The number of likely N-dealkylation sites (tertiary alicyclic amines) is 1. The van der Waals surface area contributed by atoms with Crippen molar-refractivity contribution in [2.24, 2.45) is 5.16 Å². The Labute approximate surface area is 184 Å². The molecule has 9 heteroatoms. The summed E-state index contributed by atoms with van der Waals surface area (Å²) in [4.78, 5) is 21.8. The lowest BCUT2D eigenvalue weighted by atomic mass is 10.1. The van der Waals surface area contributed by atoms with Crippen LogP contribution >= 0.6 is 0 Å². The third kappa shape index (κ3) is 6.35. The van der Waals surface area contributed by atoms with E-state index in [4.69, 9.17) is 9.57 Å². The number of oxime groups is 1. The van der Waals surface area contributed by atoms with E-state index in [1.165, 1.54) is 12.3 Å². The van der Waals surface area contributed by atoms with E-state index in [2.05, 4.69) is 11.0 Å². The summed E-state index contributed by atoms with van der Waals surface area (Å²) in [6.45, 7) is 6.04. The van der Waals surface area contributed by atoms with E-state index in [-0.39, 0.29) is 18.3 Å². The molecule has 31 heavy (non-hydrogen) atoms. The van der Waals surface area contributed by atoms with Crippen LogP contribution in [0.4, 0.5) is 14.9 Å². The van der Waals surface area contributed by atoms with Crippen LogP contribution in [0.3, 0.4) is 0 Å². The Morgan fingerprint density at radius 2 is 2.00 bits per heavy atom. The Bertz CT molecular complexity index is 925. The van der Waals surface area contributed by atoms with Gasteiger partial charge < -0.3 is 19.4 Å². The second kappa shape index (κ2) is 9.89. The lowest BCUT2D eigenvalue weighted by Gasteiger charge is -2.32. The van der Waals surface area contributed by atoms with E-state index in [0.717, 1.165) is 25.1 Å². The van der Waals surface area contributed by atoms with Gasteiger partial charge in [0, 0.05) is 43.6 Å². The molecule has 2 aliphatic rings. The summed E-state index contributed by atoms with van der Waals surface area (Å²) in [6.07, 6.45) is 4.09. The van der Waals surface area contributed by atoms with E-state index in [1.54, 1.807) is 17.0 Å². The van der Waals surface area contributed by atoms with Crippen molar-refractivity contribution in [1.29, 1.82) is 0 Å². The van der Waals surface area contributed by atoms with Crippen molar-refractivity contribution in [3.05, 3.63) is 24.0 Å². The SMILES string of the molecule is C=S(C)(=O)c1ccc(N2CCCC(=NOC3CCN(C(=O)OC(C)C)CC3)C2)c(F)c1. The summed E-state index contributed by atoms with van der Waals surface area (Å²) in [7, 11) is -2.45. The number of ether oxygens (including phenoxy) is 1. The maximum absolute atomic E-state index is 14.6. The van der Waals surface area contributed by atoms with Crippen LogP contribution in [-0.2, 0) is 19.1 Å². The van der Waals surface area contributed by atoms with Gasteiger partial charge in [0.25, 0.3) is 0 Å². The minimum absolute atomic E-state index is 0.0447. The largest absolute Gasteiger partial charge is 0.447 e. The number of anilines is 1. The Morgan fingerprint density at radius 3 is 2.61 bits per heavy atom. The van der Waals surface area contributed by atoms with E-state index in [9.17, 15) is 13.4 Å². The third-order valence-electron chi connectivity index (χ3n) is 5.39. The number of amides is 1. The predicted octanol–water partition coefficient (Wildman–Crippen LogP) is 3.51. The molecule has 172 valence electrons. The lowest BCUT2D eigenvalue weighted by molar-refractivity contribution is 0.00422. The Balaban J connectivity index is 1.55. The lowest BCUT2D eigenvalue weighted by Crippen LogP contribution is -2.41. The zero-order valence-electron chi connectivity index (χ0n) is 18.5. The highest BCUT2D eigenvalue weighted by atomic mass is 32.2. The first-order valence-corrected chi connectivity index (χ1v) is 12.8. The van der Waals surface area contributed by atoms with Crippen LogP contribution in [-0.4, -0.2) is 71.4 Å². The molecule has 0 aromatic heterocycles. The second-order valence-corrected chi connectivity index (χ2v) is 11.0. The van der Waals surface area contributed by atoms with Gasteiger partial charge in [0.15, 0.2) is 0 Å². The maximum atomic E-state index is 14.6. The van der Waals surface area contributed by atoms with Crippen molar-refractivity contribution in [1.82, 2.24) is 4.90 Å². The number of benzene rings is 1. The molecule has 2 fully saturated rings. The van der Waals surface area contributed by atoms with Gasteiger partial charge in [0.2, 0.25) is 0 Å². The number of rotatable bonds is 5. The van der Waals surface area contributed by atoms with E-state index < -0.39 is 15.3 Å². The summed E-state index contributed by atoms with van der Waals surface area (Å²) >= 11 is 0. The molecule has 0 bridgehead atoms. The first-order valence-electron chi connectivity index (χ1n) is 10.7. The van der Waals surface area contributed by atoms with Crippen LogP contribution in [0.2, 0.25) is 0 Å². The number of halogens is 1. The van der Waals surface area contributed by atoms with Crippen LogP contribution < -0.4 is 4.90 Å². The zero-order chi connectivity index (χ0) is 22.6. The van der Waals surface area contributed by atoms with Crippen LogP contribution in [0.25, 0.3) is 0 Å². The third-order valence-corrected chi connectivity index (χ3v) is 6.64. The molecule has 0 aliphatic carbocycles. The number of carbonyl (C=O) groups is 1. The Morgan fingerprint density at radius 1 is 1.29 bits per heavy atom. The minimum atomic E-state index is -2.45. The number of hydrogen-bond acceptors (Lipinski definition) is 6. The van der Waals surface area contributed by atoms with Gasteiger partial charge in [-0.2, -0.15) is 0 Å². The van der Waals surface area contributed by atoms with Crippen molar-refractivity contribution < 1.29 is 23.0 Å². The molecular formula is C22H32FN3O4S. The van der Waals surface area contributed by atoms with E-state index >= 15 is 0 Å². The van der Waals surface area contributed by atoms with Crippen molar-refractivity contribution in [2.45, 2.75) is 56.6 Å². The average Bonchev–Trinajstić information content (AvgIpc) is 2.71. The molecule has 3 rings (SSSR count). The predicted molar refractivity (Wildman–Crippen MR) is 122 cm³/mol. The quantitative estimate of drug-likeness (QED) is 0.504. The second-order valence-electron chi connectivity index (χ2n) is 8.53. The van der Waals surface area contributed by atoms with E-state index in [1.807, 2.05) is 18.7 Å². The highest BCUT2D eigenvalue weighted by Gasteiger charge is 2.26. The monoisotopic (exact) mass is 453 g/mol. The summed E-state index contributed by atoms with van der Waals surface area (Å²) in [6, 6.07) is 4.65. The van der Waals surface area contributed by atoms with Crippen LogP contribution in [0.1, 0.15) is 39.5 Å². The standard InChI is InChI=1S/C22H32FN3O4S/c1-16(2)29-22(27)25-12-9-18(10-13-25)30-24-17-6-5-11-26(15-17)21-8-7-19(14-20(21)23)31(3,4)28/h7-8,14,16,18H,3,5-6,9-13,15H2,1-2,4H3. The molecule has 7 nitrogen and oxygen atoms in total. The van der Waals surface area contributed by atoms with Gasteiger partial charge in [-0.15, -0.1) is 0 Å². The number of nitrogens with zero attached hydrogens (tertiary/aromatic N) is 3. The fourth-order valence-corrected chi connectivity index (χ4v) is 4.42. The van der Waals surface area contributed by atoms with Crippen molar-refractivity contribution in [3.63, 3.8) is 0 Å². The molecule has 2 heterocycles. The molecular weight excluding hydrogens is 421 g/mol. The average molecular weight is 454 g/mol. The number of hydrogen-bond donors (Lipinski definition) is 0. The normalized spacial score (nSPS) is 21.3. The highest BCUT2D eigenvalue weighted by molar-refractivity contribution is 7.99. The first kappa shape index (κ1) is 23.4. The smallest absolute Gasteiger partial charge is 0.410 e. The van der Waals surface area contributed by atoms with Gasteiger partial charge in [0.1, 0.15) is 11.9 Å². The van der Waals surface area contributed by atoms with Gasteiger partial charge in [-0.05, 0) is 60.3 Å². The van der Waals surface area contributed by atoms with Gasteiger partial charge in [-0.1, -0.05) is 5.16 Å². The van der Waals surface area contributed by atoms with E-state index in [0.29, 0.717) is 43.1 Å². The topological polar surface area (TPSA) is 71.4 Å². The molecule has 0 radical (unpaired) electrons. The molecule has 2 aliphatic heterocycles. The van der Waals surface area contributed by atoms with Crippen LogP contribution in [0.15, 0.2) is 28.3 Å². The maximum Gasteiger partial charge on any atom is 0.410 e. The molecule has 0 saturated carbocycles. The van der Waals surface area contributed by atoms with Gasteiger partial charge in [0.05, 0.1) is 24.0 Å². The van der Waals surface area contributed by atoms with Gasteiger partial charge in [-0.3, -0.25) is 4.21 Å². The summed E-state index contributed by atoms with van der Waals surface area (Å²) in [5.41, 5.74) is 1.34. The molecule has 0 N–H and O–H groups in total. The summed E-state index contributed by atoms with van der Waals surface area (Å²) in [5.74, 6) is 3.21. The molecule has 0 spiro atoms. The summed E-state index contributed by atoms with van der Waals surface area (Å²) in [5, 5.41) is 4.35. The molecule has 1 amide bonds. The zero-order valence-corrected chi connectivity index (χ0v) is 19.3. The van der Waals surface area contributed by atoms with Crippen molar-refractivity contribution >= 4 is 32.9 Å². The molecule has 1 atom stereocenters. The van der Waals surface area contributed by atoms with Gasteiger partial charge in [-0.25, -0.2) is 9.18 Å². The molecule has 1 aromatic rings. The van der Waals surface area contributed by atoms with Crippen LogP contribution in [0, 0.1) is 5.82 Å². The first-order chi connectivity index (χ1) is 14.6. The molecule has 2 saturated heterocycles. The number of piperidine rings is 2. The van der Waals surface area contributed by atoms with Gasteiger partial charge >= 0.3 is 6.09 Å². The highest BCUT2D eigenvalue weighted by Crippen LogP contribution is 2.25. The number of carbonyl (C=O) groups excluding carboxylic acids is 1.